The van der Waals surface area contributed by atoms with Crippen LogP contribution in [0.25, 0.3) is 10.9 Å². The maximum atomic E-state index is 12.6. The number of H-pyrrole nitrogens is 1. The van der Waals surface area contributed by atoms with Crippen molar-refractivity contribution in [3.05, 3.63) is 46.2 Å². The predicted octanol–water partition coefficient (Wildman–Crippen LogP) is 3.01. The number of aromatic amines is 1. The molecule has 0 saturated heterocycles. The number of fused-ring (bicyclic) bond motifs is 1. The fraction of sp³-hybridized carbons (Fsp3) is 0.476. The van der Waals surface area contributed by atoms with Gasteiger partial charge >= 0.3 is 5.97 Å². The molecule has 6 heteroatoms. The zero-order chi connectivity index (χ0) is 19.6. The first-order chi connectivity index (χ1) is 12.9. The lowest BCUT2D eigenvalue weighted by Gasteiger charge is -2.35. The molecule has 1 aliphatic rings. The number of ether oxygens (including phenoxy) is 1. The molecule has 27 heavy (non-hydrogen) atoms. The maximum absolute atomic E-state index is 12.6. The first-order valence-electron chi connectivity index (χ1n) is 9.50. The summed E-state index contributed by atoms with van der Waals surface area (Å²) in [5, 5.41) is 3.61. The van der Waals surface area contributed by atoms with Gasteiger partial charge in [-0.1, -0.05) is 44.9 Å². The summed E-state index contributed by atoms with van der Waals surface area (Å²) in [6.45, 7) is 5.90. The van der Waals surface area contributed by atoms with Crippen molar-refractivity contribution in [3.8, 4) is 0 Å². The van der Waals surface area contributed by atoms with Gasteiger partial charge in [-0.25, -0.2) is 4.79 Å². The molecule has 1 aliphatic carbocycles. The minimum Gasteiger partial charge on any atom is -0.449 e. The fourth-order valence-corrected chi connectivity index (χ4v) is 3.74. The largest absolute Gasteiger partial charge is 0.449 e. The van der Waals surface area contributed by atoms with Crippen molar-refractivity contribution in [1.82, 2.24) is 10.3 Å². The Hall–Kier alpha value is -2.63. The van der Waals surface area contributed by atoms with Crippen LogP contribution in [0, 0.1) is 11.8 Å². The number of hydrogen-bond donors (Lipinski definition) is 2. The molecular weight excluding hydrogens is 344 g/mol. The number of esters is 1. The Labute approximate surface area is 158 Å². The zero-order valence-corrected chi connectivity index (χ0v) is 16.0. The van der Waals surface area contributed by atoms with Crippen molar-refractivity contribution in [1.29, 1.82) is 0 Å². The fourth-order valence-electron chi connectivity index (χ4n) is 3.74. The average Bonchev–Trinajstić information content (AvgIpc) is 2.64. The molecule has 0 spiro atoms. The predicted molar refractivity (Wildman–Crippen MR) is 104 cm³/mol. The molecule has 1 saturated carbocycles. The number of hydrogen-bond acceptors (Lipinski definition) is 4. The highest BCUT2D eigenvalue weighted by Crippen LogP contribution is 2.29. The van der Waals surface area contributed by atoms with Gasteiger partial charge in [0, 0.05) is 23.0 Å². The van der Waals surface area contributed by atoms with Crippen LogP contribution in [-0.4, -0.2) is 29.0 Å². The minimum atomic E-state index is -0.931. The standard InChI is InChI=1S/C21H26N2O4/c1-12-7-6-10-17(13(12)2)23-20(25)14(3)27-21(26)16-11-19(24)22-18-9-5-4-8-15(16)18/h4-5,8-9,11-14,17H,6-7,10H2,1-3H3,(H,22,24)(H,23,25)/t12-,13+,14+,17-/m1/s1. The van der Waals surface area contributed by atoms with Crippen molar-refractivity contribution >= 4 is 22.8 Å². The topological polar surface area (TPSA) is 88.3 Å². The molecule has 0 aliphatic heterocycles. The summed E-state index contributed by atoms with van der Waals surface area (Å²) in [6, 6.07) is 8.31. The number of benzene rings is 1. The first kappa shape index (κ1) is 19.1. The van der Waals surface area contributed by atoms with Gasteiger partial charge in [-0.3, -0.25) is 9.59 Å². The van der Waals surface area contributed by atoms with Crippen molar-refractivity contribution < 1.29 is 14.3 Å². The number of amides is 1. The molecule has 144 valence electrons. The van der Waals surface area contributed by atoms with E-state index in [0.29, 0.717) is 22.7 Å². The quantitative estimate of drug-likeness (QED) is 0.810. The number of para-hydroxylation sites is 1. The number of nitrogens with one attached hydrogen (secondary N) is 2. The van der Waals surface area contributed by atoms with E-state index in [4.69, 9.17) is 4.74 Å². The van der Waals surface area contributed by atoms with Crippen LogP contribution in [0.4, 0.5) is 0 Å². The summed E-state index contributed by atoms with van der Waals surface area (Å²) >= 11 is 0. The van der Waals surface area contributed by atoms with E-state index in [1.807, 2.05) is 0 Å². The van der Waals surface area contributed by atoms with E-state index in [9.17, 15) is 14.4 Å². The third kappa shape index (κ3) is 4.21. The van der Waals surface area contributed by atoms with Crippen LogP contribution in [0.1, 0.15) is 50.4 Å². The normalized spacial score (nSPS) is 23.6. The van der Waals surface area contributed by atoms with Gasteiger partial charge in [-0.15, -0.1) is 0 Å². The molecule has 1 aromatic heterocycles. The summed E-state index contributed by atoms with van der Waals surface area (Å²) in [6.07, 6.45) is 2.27. The van der Waals surface area contributed by atoms with E-state index in [-0.39, 0.29) is 23.1 Å². The molecular formula is C21H26N2O4. The Morgan fingerprint density at radius 2 is 1.96 bits per heavy atom. The van der Waals surface area contributed by atoms with Crippen LogP contribution >= 0.6 is 0 Å². The second-order valence-electron chi connectivity index (χ2n) is 7.52. The van der Waals surface area contributed by atoms with E-state index in [0.717, 1.165) is 12.8 Å². The van der Waals surface area contributed by atoms with E-state index < -0.39 is 12.1 Å². The van der Waals surface area contributed by atoms with Crippen LogP contribution in [0.3, 0.4) is 0 Å². The van der Waals surface area contributed by atoms with Crippen molar-refractivity contribution in [2.75, 3.05) is 0 Å². The third-order valence-corrected chi connectivity index (χ3v) is 5.66. The lowest BCUT2D eigenvalue weighted by molar-refractivity contribution is -0.130. The Kier molecular flexibility index (Phi) is 5.63. The third-order valence-electron chi connectivity index (χ3n) is 5.66. The number of carbonyl (C=O) groups is 2. The summed E-state index contributed by atoms with van der Waals surface area (Å²) in [4.78, 5) is 39.6. The molecule has 4 atom stereocenters. The number of pyridine rings is 1. The highest BCUT2D eigenvalue weighted by molar-refractivity contribution is 6.03. The molecule has 1 aromatic carbocycles. The van der Waals surface area contributed by atoms with Gasteiger partial charge in [-0.05, 0) is 31.2 Å². The molecule has 0 unspecified atom stereocenters. The van der Waals surface area contributed by atoms with Gasteiger partial charge in [0.05, 0.1) is 5.56 Å². The molecule has 2 aromatic rings. The average molecular weight is 370 g/mol. The summed E-state index contributed by atoms with van der Waals surface area (Å²) < 4.78 is 5.36. The molecule has 6 nitrogen and oxygen atoms in total. The Morgan fingerprint density at radius 1 is 1.22 bits per heavy atom. The SMILES string of the molecule is C[C@H]1[C@H](C)CCC[C@H]1NC(=O)[C@H](C)OC(=O)c1cc(=O)[nH]c2ccccc12. The molecule has 1 amide bonds. The minimum absolute atomic E-state index is 0.0998. The van der Waals surface area contributed by atoms with E-state index >= 15 is 0 Å². The number of aromatic nitrogens is 1. The Balaban J connectivity index is 1.71. The van der Waals surface area contributed by atoms with Gasteiger partial charge in [0.15, 0.2) is 6.10 Å². The molecule has 0 radical (unpaired) electrons. The second kappa shape index (κ2) is 7.94. The lowest BCUT2D eigenvalue weighted by Crippen LogP contribution is -2.47. The summed E-state index contributed by atoms with van der Waals surface area (Å²) in [5.74, 6) is -0.0278. The van der Waals surface area contributed by atoms with Gasteiger partial charge in [0.25, 0.3) is 5.91 Å². The van der Waals surface area contributed by atoms with Gasteiger partial charge < -0.3 is 15.0 Å². The van der Waals surface area contributed by atoms with Crippen LogP contribution in [0.15, 0.2) is 35.1 Å². The maximum Gasteiger partial charge on any atom is 0.339 e. The van der Waals surface area contributed by atoms with E-state index in [1.165, 1.54) is 12.5 Å². The zero-order valence-electron chi connectivity index (χ0n) is 16.0. The van der Waals surface area contributed by atoms with Crippen molar-refractivity contribution in [2.45, 2.75) is 52.2 Å². The van der Waals surface area contributed by atoms with Gasteiger partial charge in [-0.2, -0.15) is 0 Å². The highest BCUT2D eigenvalue weighted by atomic mass is 16.5. The smallest absolute Gasteiger partial charge is 0.339 e. The van der Waals surface area contributed by atoms with Crippen LogP contribution in [0.5, 0.6) is 0 Å². The van der Waals surface area contributed by atoms with Crippen molar-refractivity contribution in [3.63, 3.8) is 0 Å². The van der Waals surface area contributed by atoms with E-state index in [2.05, 4.69) is 24.1 Å². The van der Waals surface area contributed by atoms with Crippen molar-refractivity contribution in [2.24, 2.45) is 11.8 Å². The number of carbonyl (C=O) groups excluding carboxylic acids is 2. The molecule has 2 N–H and O–H groups in total. The van der Waals surface area contributed by atoms with Gasteiger partial charge in [0.1, 0.15) is 0 Å². The molecule has 1 fully saturated rings. The summed E-state index contributed by atoms with van der Waals surface area (Å²) in [5.41, 5.74) is 0.329. The lowest BCUT2D eigenvalue weighted by atomic mass is 9.78. The molecule has 0 bridgehead atoms. The number of rotatable bonds is 4. The molecule has 3 rings (SSSR count). The van der Waals surface area contributed by atoms with E-state index in [1.54, 1.807) is 31.2 Å². The second-order valence-corrected chi connectivity index (χ2v) is 7.52. The first-order valence-corrected chi connectivity index (χ1v) is 9.50. The van der Waals surface area contributed by atoms with Gasteiger partial charge in [0.2, 0.25) is 5.56 Å². The summed E-state index contributed by atoms with van der Waals surface area (Å²) in [7, 11) is 0. The Morgan fingerprint density at radius 3 is 2.74 bits per heavy atom. The van der Waals surface area contributed by atoms with Crippen LogP contribution < -0.4 is 10.9 Å². The highest BCUT2D eigenvalue weighted by Gasteiger charge is 2.30. The molecule has 1 heterocycles. The van der Waals surface area contributed by atoms with Crippen LogP contribution in [0.2, 0.25) is 0 Å². The van der Waals surface area contributed by atoms with Crippen LogP contribution in [-0.2, 0) is 9.53 Å². The monoisotopic (exact) mass is 370 g/mol. The Bertz CT molecular complexity index is 904.